The lowest BCUT2D eigenvalue weighted by atomic mass is 9.97. The second-order valence-corrected chi connectivity index (χ2v) is 4.52. The average molecular weight is 230 g/mol. The van der Waals surface area contributed by atoms with E-state index < -0.39 is 0 Å². The number of benzene rings is 1. The van der Waals surface area contributed by atoms with Crippen LogP contribution in [-0.2, 0) is 0 Å². The number of hydrogen-bond donors (Lipinski definition) is 1. The number of hydrogen-bond acceptors (Lipinski definition) is 3. The predicted molar refractivity (Wildman–Crippen MR) is 70.3 cm³/mol. The lowest BCUT2D eigenvalue weighted by molar-refractivity contribution is 0.576. The van der Waals surface area contributed by atoms with Crippen LogP contribution in [0.25, 0.3) is 11.3 Å². The Morgan fingerprint density at radius 1 is 1.29 bits per heavy atom. The van der Waals surface area contributed by atoms with Crippen molar-refractivity contribution < 1.29 is 4.42 Å². The number of aromatic nitrogens is 1. The van der Waals surface area contributed by atoms with Gasteiger partial charge in [0, 0.05) is 12.6 Å². The summed E-state index contributed by atoms with van der Waals surface area (Å²) < 4.78 is 5.30. The van der Waals surface area contributed by atoms with E-state index in [1.54, 1.807) is 13.3 Å². The highest BCUT2D eigenvalue weighted by molar-refractivity contribution is 5.64. The minimum absolute atomic E-state index is 0.519. The molecule has 0 bridgehead atoms. The third-order valence-corrected chi connectivity index (χ3v) is 2.92. The number of nitrogens with one attached hydrogen (secondary N) is 1. The first-order valence-electron chi connectivity index (χ1n) is 5.86. The molecule has 0 amide bonds. The maximum atomic E-state index is 5.30. The SMILES string of the molecule is CNc1nc(-c2cc(C(C)C)ccc2C)co1. The molecule has 0 aliphatic carbocycles. The minimum Gasteiger partial charge on any atom is -0.432 e. The van der Waals surface area contributed by atoms with Crippen LogP contribution in [0.3, 0.4) is 0 Å². The molecule has 1 aromatic heterocycles. The zero-order chi connectivity index (χ0) is 12.4. The molecule has 0 saturated heterocycles. The Balaban J connectivity index is 2.46. The van der Waals surface area contributed by atoms with Crippen LogP contribution in [-0.4, -0.2) is 12.0 Å². The highest BCUT2D eigenvalue weighted by atomic mass is 16.4. The first kappa shape index (κ1) is 11.7. The fraction of sp³-hybridized carbons (Fsp3) is 0.357. The van der Waals surface area contributed by atoms with Gasteiger partial charge in [-0.15, -0.1) is 0 Å². The van der Waals surface area contributed by atoms with E-state index in [1.165, 1.54) is 11.1 Å². The first-order chi connectivity index (χ1) is 8.11. The molecule has 0 aliphatic rings. The molecule has 2 rings (SSSR count). The van der Waals surface area contributed by atoms with Gasteiger partial charge in [-0.25, -0.2) is 0 Å². The van der Waals surface area contributed by atoms with Crippen LogP contribution in [0.4, 0.5) is 6.01 Å². The molecule has 0 spiro atoms. The summed E-state index contributed by atoms with van der Waals surface area (Å²) in [5.74, 6) is 0.519. The van der Waals surface area contributed by atoms with Crippen molar-refractivity contribution in [2.45, 2.75) is 26.7 Å². The maximum absolute atomic E-state index is 5.30. The van der Waals surface area contributed by atoms with Crippen molar-refractivity contribution in [2.75, 3.05) is 12.4 Å². The van der Waals surface area contributed by atoms with Gasteiger partial charge < -0.3 is 9.73 Å². The second kappa shape index (κ2) is 4.62. The molecule has 1 aromatic carbocycles. The van der Waals surface area contributed by atoms with Crippen LogP contribution in [0.15, 0.2) is 28.9 Å². The zero-order valence-electron chi connectivity index (χ0n) is 10.7. The number of anilines is 1. The van der Waals surface area contributed by atoms with Crippen LogP contribution >= 0.6 is 0 Å². The summed E-state index contributed by atoms with van der Waals surface area (Å²) in [5.41, 5.74) is 4.56. The quantitative estimate of drug-likeness (QED) is 0.871. The summed E-state index contributed by atoms with van der Waals surface area (Å²) in [6.07, 6.45) is 1.69. The lowest BCUT2D eigenvalue weighted by Crippen LogP contribution is -1.92. The van der Waals surface area contributed by atoms with Crippen LogP contribution in [0.1, 0.15) is 30.9 Å². The molecule has 3 heteroatoms. The van der Waals surface area contributed by atoms with Gasteiger partial charge in [0.2, 0.25) is 0 Å². The van der Waals surface area contributed by atoms with E-state index in [4.69, 9.17) is 4.42 Å². The largest absolute Gasteiger partial charge is 0.432 e. The Morgan fingerprint density at radius 3 is 2.65 bits per heavy atom. The number of oxazole rings is 1. The Morgan fingerprint density at radius 2 is 2.06 bits per heavy atom. The van der Waals surface area contributed by atoms with Crippen LogP contribution < -0.4 is 5.32 Å². The van der Waals surface area contributed by atoms with Crippen LogP contribution in [0.2, 0.25) is 0 Å². The van der Waals surface area contributed by atoms with E-state index in [0.717, 1.165) is 11.3 Å². The average Bonchev–Trinajstić information content (AvgIpc) is 2.77. The molecule has 0 fully saturated rings. The van der Waals surface area contributed by atoms with Crippen molar-refractivity contribution in [1.82, 2.24) is 4.98 Å². The summed E-state index contributed by atoms with van der Waals surface area (Å²) in [4.78, 5) is 4.38. The van der Waals surface area contributed by atoms with Crippen molar-refractivity contribution in [2.24, 2.45) is 0 Å². The maximum Gasteiger partial charge on any atom is 0.294 e. The topological polar surface area (TPSA) is 38.1 Å². The number of aryl methyl sites for hydroxylation is 1. The van der Waals surface area contributed by atoms with Crippen molar-refractivity contribution in [3.8, 4) is 11.3 Å². The van der Waals surface area contributed by atoms with Crippen LogP contribution in [0.5, 0.6) is 0 Å². The molecule has 0 saturated carbocycles. The van der Waals surface area contributed by atoms with Crippen molar-refractivity contribution in [1.29, 1.82) is 0 Å². The van der Waals surface area contributed by atoms with Gasteiger partial charge in [-0.2, -0.15) is 4.98 Å². The molecule has 0 atom stereocenters. The monoisotopic (exact) mass is 230 g/mol. The Bertz CT molecular complexity index is 515. The first-order valence-corrected chi connectivity index (χ1v) is 5.86. The highest BCUT2D eigenvalue weighted by Gasteiger charge is 2.09. The third-order valence-electron chi connectivity index (χ3n) is 2.92. The molecule has 1 N–H and O–H groups in total. The van der Waals surface area contributed by atoms with Crippen LogP contribution in [0, 0.1) is 6.92 Å². The second-order valence-electron chi connectivity index (χ2n) is 4.52. The predicted octanol–water partition coefficient (Wildman–Crippen LogP) is 3.82. The summed E-state index contributed by atoms with van der Waals surface area (Å²) in [6.45, 7) is 6.47. The zero-order valence-corrected chi connectivity index (χ0v) is 10.7. The molecular formula is C14H18N2O. The minimum atomic E-state index is 0.519. The molecule has 1 heterocycles. The number of rotatable bonds is 3. The van der Waals surface area contributed by atoms with Gasteiger partial charge in [0.1, 0.15) is 12.0 Å². The van der Waals surface area contributed by atoms with E-state index in [-0.39, 0.29) is 0 Å². The molecule has 17 heavy (non-hydrogen) atoms. The summed E-state index contributed by atoms with van der Waals surface area (Å²) in [7, 11) is 1.80. The van der Waals surface area contributed by atoms with Gasteiger partial charge in [-0.3, -0.25) is 0 Å². The van der Waals surface area contributed by atoms with E-state index in [1.807, 2.05) is 0 Å². The van der Waals surface area contributed by atoms with Crippen molar-refractivity contribution in [3.05, 3.63) is 35.6 Å². The van der Waals surface area contributed by atoms with Gasteiger partial charge in [0.15, 0.2) is 0 Å². The fourth-order valence-electron chi connectivity index (χ4n) is 1.79. The summed E-state index contributed by atoms with van der Waals surface area (Å²) in [5, 5.41) is 2.90. The van der Waals surface area contributed by atoms with Crippen molar-refractivity contribution in [3.63, 3.8) is 0 Å². The summed E-state index contributed by atoms with van der Waals surface area (Å²) >= 11 is 0. The van der Waals surface area contributed by atoms with Gasteiger partial charge in [0.25, 0.3) is 6.01 Å². The normalized spacial score (nSPS) is 10.9. The third kappa shape index (κ3) is 2.33. The van der Waals surface area contributed by atoms with Gasteiger partial charge >= 0.3 is 0 Å². The molecule has 0 radical (unpaired) electrons. The fourth-order valence-corrected chi connectivity index (χ4v) is 1.79. The molecule has 90 valence electrons. The van der Waals surface area contributed by atoms with E-state index >= 15 is 0 Å². The van der Waals surface area contributed by atoms with Gasteiger partial charge in [0.05, 0.1) is 0 Å². The van der Waals surface area contributed by atoms with E-state index in [2.05, 4.69) is 49.3 Å². The number of nitrogens with zero attached hydrogens (tertiary/aromatic N) is 1. The smallest absolute Gasteiger partial charge is 0.294 e. The Kier molecular flexibility index (Phi) is 3.18. The molecule has 2 aromatic rings. The highest BCUT2D eigenvalue weighted by Crippen LogP contribution is 2.27. The molecule has 0 aliphatic heterocycles. The van der Waals surface area contributed by atoms with Crippen molar-refractivity contribution >= 4 is 6.01 Å². The van der Waals surface area contributed by atoms with E-state index in [9.17, 15) is 0 Å². The van der Waals surface area contributed by atoms with E-state index in [0.29, 0.717) is 11.9 Å². The molecular weight excluding hydrogens is 212 g/mol. The van der Waals surface area contributed by atoms with Gasteiger partial charge in [-0.05, 0) is 30.0 Å². The standard InChI is InChI=1S/C14H18N2O/c1-9(2)11-6-5-10(3)12(7-11)13-8-17-14(15-4)16-13/h5-9H,1-4H3,(H,15,16). The molecule has 0 unspecified atom stereocenters. The van der Waals surface area contributed by atoms with Gasteiger partial charge in [-0.1, -0.05) is 26.0 Å². The summed E-state index contributed by atoms with van der Waals surface area (Å²) in [6, 6.07) is 7.05. The lowest BCUT2D eigenvalue weighted by Gasteiger charge is -2.09. The molecule has 3 nitrogen and oxygen atoms in total. The Hall–Kier alpha value is -1.77. The Labute approximate surface area is 102 Å².